The molecule has 0 heterocycles. The Balaban J connectivity index is 1.55. The van der Waals surface area contributed by atoms with Crippen molar-refractivity contribution < 1.29 is 9.72 Å². The minimum Gasteiger partial charge on any atom is -0.351 e. The predicted octanol–water partition coefficient (Wildman–Crippen LogP) is 6.81. The van der Waals surface area contributed by atoms with Crippen molar-refractivity contribution in [2.24, 2.45) is 11.3 Å². The smallest absolute Gasteiger partial charge is 0.288 e. The number of nitrogens with zero attached hydrogens (tertiary/aromatic N) is 1. The number of carbonyl (C=O) groups excluding carboxylic acids is 1. The van der Waals surface area contributed by atoms with Crippen LogP contribution in [0, 0.1) is 21.4 Å². The zero-order chi connectivity index (χ0) is 24.0. The molecule has 0 bridgehead atoms. The SMILES string of the molecule is CC(C)c1ccc2c(c1)CC[C@H]1[C@](C)(CNC(=O)c3ccc(Cl)c([N+](=O)[O-])c3)CCC[C@]21C. The molecule has 0 aliphatic heterocycles. The van der Waals surface area contributed by atoms with Crippen LogP contribution in [0.5, 0.6) is 0 Å². The van der Waals surface area contributed by atoms with E-state index in [2.05, 4.69) is 51.2 Å². The van der Waals surface area contributed by atoms with Crippen LogP contribution in [-0.4, -0.2) is 17.4 Å². The Labute approximate surface area is 201 Å². The molecule has 2 aromatic rings. The number of aryl methyl sites for hydroxylation is 1. The van der Waals surface area contributed by atoms with Crippen LogP contribution in [0.1, 0.15) is 86.3 Å². The molecule has 33 heavy (non-hydrogen) atoms. The Bertz CT molecular complexity index is 1100. The van der Waals surface area contributed by atoms with Crippen LogP contribution in [0.4, 0.5) is 5.69 Å². The number of halogens is 1. The molecule has 0 spiro atoms. The molecule has 1 fully saturated rings. The molecule has 5 nitrogen and oxygen atoms in total. The van der Waals surface area contributed by atoms with Crippen molar-refractivity contribution in [1.82, 2.24) is 5.32 Å². The largest absolute Gasteiger partial charge is 0.351 e. The van der Waals surface area contributed by atoms with Crippen molar-refractivity contribution in [3.05, 3.63) is 73.8 Å². The molecule has 0 radical (unpaired) electrons. The van der Waals surface area contributed by atoms with Crippen molar-refractivity contribution in [3.63, 3.8) is 0 Å². The summed E-state index contributed by atoms with van der Waals surface area (Å²) < 4.78 is 0. The number of hydrogen-bond donors (Lipinski definition) is 1. The number of hydrogen-bond acceptors (Lipinski definition) is 3. The highest BCUT2D eigenvalue weighted by Crippen LogP contribution is 2.57. The number of benzene rings is 2. The number of nitro benzene ring substituents is 1. The Hall–Kier alpha value is -2.40. The van der Waals surface area contributed by atoms with Gasteiger partial charge in [0.1, 0.15) is 5.02 Å². The van der Waals surface area contributed by atoms with Crippen molar-refractivity contribution in [1.29, 1.82) is 0 Å². The Kier molecular flexibility index (Phi) is 6.30. The summed E-state index contributed by atoms with van der Waals surface area (Å²) >= 11 is 5.90. The third-order valence-corrected chi connectivity index (χ3v) is 8.55. The third-order valence-electron chi connectivity index (χ3n) is 8.23. The van der Waals surface area contributed by atoms with Crippen LogP contribution in [0.15, 0.2) is 36.4 Å². The van der Waals surface area contributed by atoms with E-state index >= 15 is 0 Å². The van der Waals surface area contributed by atoms with E-state index < -0.39 is 4.92 Å². The minimum atomic E-state index is -0.558. The van der Waals surface area contributed by atoms with Crippen LogP contribution in [-0.2, 0) is 11.8 Å². The lowest BCUT2D eigenvalue weighted by atomic mass is 9.49. The van der Waals surface area contributed by atoms with Gasteiger partial charge in [-0.25, -0.2) is 0 Å². The first-order valence-corrected chi connectivity index (χ1v) is 12.3. The summed E-state index contributed by atoms with van der Waals surface area (Å²) in [5.41, 5.74) is 4.46. The summed E-state index contributed by atoms with van der Waals surface area (Å²) in [5, 5.41) is 14.3. The molecule has 0 saturated heterocycles. The van der Waals surface area contributed by atoms with E-state index in [0.717, 1.165) is 25.7 Å². The van der Waals surface area contributed by atoms with Crippen molar-refractivity contribution in [2.45, 2.75) is 71.1 Å². The molecular formula is C27H33ClN2O3. The summed E-state index contributed by atoms with van der Waals surface area (Å²) in [7, 11) is 0. The molecule has 0 aromatic heterocycles. The minimum absolute atomic E-state index is 0.0323. The molecule has 2 aliphatic carbocycles. The summed E-state index contributed by atoms with van der Waals surface area (Å²) in [6.07, 6.45) is 5.54. The van der Waals surface area contributed by atoms with E-state index in [4.69, 9.17) is 11.6 Å². The van der Waals surface area contributed by atoms with Crippen LogP contribution in [0.25, 0.3) is 0 Å². The first-order chi connectivity index (χ1) is 15.5. The molecule has 1 N–H and O–H groups in total. The van der Waals surface area contributed by atoms with E-state index in [9.17, 15) is 14.9 Å². The highest BCUT2D eigenvalue weighted by Gasteiger charge is 2.51. The first kappa shape index (κ1) is 23.7. The number of rotatable bonds is 5. The second-order valence-corrected chi connectivity index (χ2v) is 11.1. The fourth-order valence-corrected chi connectivity index (χ4v) is 6.58. The lowest BCUT2D eigenvalue weighted by Gasteiger charge is -2.55. The molecule has 2 aliphatic rings. The van der Waals surface area contributed by atoms with Crippen LogP contribution < -0.4 is 5.32 Å². The van der Waals surface area contributed by atoms with Gasteiger partial charge in [-0.3, -0.25) is 14.9 Å². The van der Waals surface area contributed by atoms with Crippen LogP contribution >= 0.6 is 11.6 Å². The molecule has 6 heteroatoms. The van der Waals surface area contributed by atoms with E-state index in [0.29, 0.717) is 18.4 Å². The van der Waals surface area contributed by atoms with Crippen LogP contribution in [0.2, 0.25) is 5.02 Å². The molecule has 3 atom stereocenters. The Morgan fingerprint density at radius 1 is 1.21 bits per heavy atom. The quantitative estimate of drug-likeness (QED) is 0.386. The highest BCUT2D eigenvalue weighted by atomic mass is 35.5. The highest BCUT2D eigenvalue weighted by molar-refractivity contribution is 6.32. The zero-order valence-corrected chi connectivity index (χ0v) is 20.7. The molecule has 1 amide bonds. The van der Waals surface area contributed by atoms with E-state index in [1.165, 1.54) is 35.2 Å². The molecule has 4 rings (SSSR count). The van der Waals surface area contributed by atoms with E-state index in [1.807, 2.05) is 0 Å². The summed E-state index contributed by atoms with van der Waals surface area (Å²) in [6.45, 7) is 9.75. The number of nitro groups is 1. The van der Waals surface area contributed by atoms with Crippen molar-refractivity contribution in [2.75, 3.05) is 6.54 Å². The molecule has 0 unspecified atom stereocenters. The maximum Gasteiger partial charge on any atom is 0.288 e. The Morgan fingerprint density at radius 2 is 1.97 bits per heavy atom. The average Bonchev–Trinajstić information content (AvgIpc) is 2.77. The second kappa shape index (κ2) is 8.75. The average molecular weight is 469 g/mol. The van der Waals surface area contributed by atoms with Gasteiger partial charge in [0.15, 0.2) is 0 Å². The fourth-order valence-electron chi connectivity index (χ4n) is 6.39. The van der Waals surface area contributed by atoms with E-state index in [-0.39, 0.29) is 33.0 Å². The Morgan fingerprint density at radius 3 is 2.67 bits per heavy atom. The topological polar surface area (TPSA) is 72.2 Å². The maximum atomic E-state index is 12.9. The van der Waals surface area contributed by atoms with Gasteiger partial charge in [0.25, 0.3) is 11.6 Å². The standard InChI is InChI=1S/C27H33ClN2O3/c1-17(2)18-6-9-21-19(14-18)8-11-24-26(3,12-5-13-27(21,24)4)16-29-25(31)20-7-10-22(28)23(15-20)30(32)33/h6-7,9-10,14-15,17,24H,5,8,11-13,16H2,1-4H3,(H,29,31)/t24-,26-,27+/m0/s1. The predicted molar refractivity (Wildman–Crippen MR) is 132 cm³/mol. The van der Waals surface area contributed by atoms with Gasteiger partial charge in [0.2, 0.25) is 0 Å². The normalized spacial score (nSPS) is 26.4. The van der Waals surface area contributed by atoms with Gasteiger partial charge in [0, 0.05) is 18.2 Å². The van der Waals surface area contributed by atoms with Crippen molar-refractivity contribution >= 4 is 23.2 Å². The van der Waals surface area contributed by atoms with Gasteiger partial charge in [0.05, 0.1) is 4.92 Å². The molecule has 2 aromatic carbocycles. The van der Waals surface area contributed by atoms with Gasteiger partial charge < -0.3 is 5.32 Å². The van der Waals surface area contributed by atoms with Gasteiger partial charge in [-0.05, 0) is 77.2 Å². The number of carbonyl (C=O) groups is 1. The lowest BCUT2D eigenvalue weighted by Crippen LogP contribution is -2.53. The summed E-state index contributed by atoms with van der Waals surface area (Å²) in [6, 6.07) is 11.3. The van der Waals surface area contributed by atoms with Gasteiger partial charge in [-0.2, -0.15) is 0 Å². The van der Waals surface area contributed by atoms with Gasteiger partial charge in [-0.1, -0.05) is 63.9 Å². The summed E-state index contributed by atoms with van der Waals surface area (Å²) in [5.74, 6) is 0.702. The maximum absolute atomic E-state index is 12.9. The monoisotopic (exact) mass is 468 g/mol. The summed E-state index contributed by atoms with van der Waals surface area (Å²) in [4.78, 5) is 23.5. The first-order valence-electron chi connectivity index (χ1n) is 11.9. The fraction of sp³-hybridized carbons (Fsp3) is 0.519. The third kappa shape index (κ3) is 4.28. The zero-order valence-electron chi connectivity index (χ0n) is 19.9. The lowest BCUT2D eigenvalue weighted by molar-refractivity contribution is -0.384. The van der Waals surface area contributed by atoms with Crippen LogP contribution in [0.3, 0.4) is 0 Å². The van der Waals surface area contributed by atoms with Crippen molar-refractivity contribution in [3.8, 4) is 0 Å². The number of amides is 1. The van der Waals surface area contributed by atoms with Gasteiger partial charge in [-0.15, -0.1) is 0 Å². The van der Waals surface area contributed by atoms with E-state index in [1.54, 1.807) is 6.07 Å². The number of fused-ring (bicyclic) bond motifs is 3. The van der Waals surface area contributed by atoms with Gasteiger partial charge >= 0.3 is 0 Å². The second-order valence-electron chi connectivity index (χ2n) is 10.7. The number of nitrogens with one attached hydrogen (secondary N) is 1. The molecule has 176 valence electrons. The molecular weight excluding hydrogens is 436 g/mol. The molecule has 1 saturated carbocycles.